The first-order chi connectivity index (χ1) is 2.00. The van der Waals surface area contributed by atoms with Crippen LogP contribution >= 0.6 is 0 Å². The van der Waals surface area contributed by atoms with Gasteiger partial charge in [0, 0.05) is 0 Å². The molecule has 5 heteroatoms. The second kappa shape index (κ2) is 381. The van der Waals surface area contributed by atoms with Gasteiger partial charge in [0.05, 0.1) is 0 Å². The Morgan fingerprint density at radius 2 is 0.800 bits per heavy atom. The van der Waals surface area contributed by atoms with E-state index < -0.39 is 0 Å². The fraction of sp³-hybridized carbons (Fsp3) is 0. The zero-order chi connectivity index (χ0) is 4.00. The van der Waals surface area contributed by atoms with Gasteiger partial charge >= 0.3 is 17.1 Å². The van der Waals surface area contributed by atoms with E-state index in [1.807, 2.05) is 0 Å². The van der Waals surface area contributed by atoms with Crippen LogP contribution in [-0.4, -0.2) is 0 Å². The van der Waals surface area contributed by atoms with Crippen molar-refractivity contribution in [2.24, 2.45) is 11.8 Å². The SMILES string of the molecule is N[O-].N[O-].[Mn+2]. The van der Waals surface area contributed by atoms with E-state index in [4.69, 9.17) is 10.4 Å². The van der Waals surface area contributed by atoms with Gasteiger partial charge in [-0.05, 0) is 0 Å². The minimum absolute atomic E-state index is 0. The second-order valence-corrected chi connectivity index (χ2v) is 0. The summed E-state index contributed by atoms with van der Waals surface area (Å²) in [6, 6.07) is 0. The van der Waals surface area contributed by atoms with E-state index in [2.05, 4.69) is 11.8 Å². The van der Waals surface area contributed by atoms with Crippen LogP contribution in [0, 0.1) is 10.4 Å². The number of rotatable bonds is 0. The van der Waals surface area contributed by atoms with Crippen molar-refractivity contribution >= 4 is 0 Å². The predicted octanol–water partition coefficient (Wildman–Crippen LogP) is -1.12. The van der Waals surface area contributed by atoms with Crippen molar-refractivity contribution in [2.75, 3.05) is 0 Å². The molecule has 0 rings (SSSR count). The third-order valence-electron chi connectivity index (χ3n) is 0. The summed E-state index contributed by atoms with van der Waals surface area (Å²) in [6.07, 6.45) is 0. The monoisotopic (exact) mass is 119 g/mol. The zero-order valence-electron chi connectivity index (χ0n) is 2.35. The molecule has 0 saturated carbocycles. The summed E-state index contributed by atoms with van der Waals surface area (Å²) in [5.74, 6) is 6.50. The summed E-state index contributed by atoms with van der Waals surface area (Å²) in [5.41, 5.74) is 0. The van der Waals surface area contributed by atoms with E-state index in [-0.39, 0.29) is 17.1 Å². The van der Waals surface area contributed by atoms with Gasteiger partial charge in [-0.3, -0.25) is 0 Å². The number of hydrogen-bond acceptors (Lipinski definition) is 4. The maximum Gasteiger partial charge on any atom is 2.00 e. The van der Waals surface area contributed by atoms with Crippen molar-refractivity contribution < 1.29 is 17.1 Å². The van der Waals surface area contributed by atoms with Crippen molar-refractivity contribution in [3.05, 3.63) is 10.4 Å². The van der Waals surface area contributed by atoms with Crippen LogP contribution in [0.15, 0.2) is 0 Å². The van der Waals surface area contributed by atoms with Crippen molar-refractivity contribution in [1.82, 2.24) is 0 Å². The van der Waals surface area contributed by atoms with Gasteiger partial charge in [0.25, 0.3) is 0 Å². The van der Waals surface area contributed by atoms with Crippen LogP contribution in [0.3, 0.4) is 0 Å². The van der Waals surface area contributed by atoms with E-state index in [0.29, 0.717) is 0 Å². The molecule has 4 N–H and O–H groups in total. The van der Waals surface area contributed by atoms with E-state index in [1.54, 1.807) is 0 Å². The molecular weight excluding hydrogens is 115 g/mol. The Morgan fingerprint density at radius 3 is 0.800 bits per heavy atom. The number of hydrogen-bond donors (Lipinski definition) is 2. The molecule has 0 aliphatic heterocycles. The van der Waals surface area contributed by atoms with Crippen LogP contribution in [0.5, 0.6) is 0 Å². The molecule has 0 aliphatic rings. The first-order valence-corrected chi connectivity index (χ1v) is 0.471. The van der Waals surface area contributed by atoms with Gasteiger partial charge in [0.15, 0.2) is 0 Å². The maximum atomic E-state index is 7.75. The molecule has 0 heterocycles. The van der Waals surface area contributed by atoms with E-state index in [9.17, 15) is 0 Å². The van der Waals surface area contributed by atoms with Gasteiger partial charge in [0.2, 0.25) is 0 Å². The normalized spacial score (nSPS) is 2.40. The summed E-state index contributed by atoms with van der Waals surface area (Å²) < 4.78 is 0. The van der Waals surface area contributed by atoms with Crippen LogP contribution < -0.4 is 11.8 Å². The van der Waals surface area contributed by atoms with Crippen molar-refractivity contribution in [3.63, 3.8) is 0 Å². The summed E-state index contributed by atoms with van der Waals surface area (Å²) in [7, 11) is 0. The third kappa shape index (κ3) is 188. The molecule has 0 bridgehead atoms. The Hall–Kier alpha value is 0.359. The molecule has 0 saturated heterocycles. The van der Waals surface area contributed by atoms with E-state index >= 15 is 0 Å². The van der Waals surface area contributed by atoms with Crippen molar-refractivity contribution in [1.29, 1.82) is 0 Å². The maximum absolute atomic E-state index is 7.75. The fourth-order valence-electron chi connectivity index (χ4n) is 0. The molecule has 4 nitrogen and oxygen atoms in total. The molecule has 0 spiro atoms. The molecule has 5 heavy (non-hydrogen) atoms. The largest absolute Gasteiger partial charge is 2.00 e. The average Bonchev–Trinajstić information content (AvgIpc) is 1.50. The van der Waals surface area contributed by atoms with Gasteiger partial charge in [-0.2, -0.15) is 0 Å². The second-order valence-electron chi connectivity index (χ2n) is 0. The Bertz CT molecular complexity index is 7.61. The molecule has 0 fully saturated rings. The van der Waals surface area contributed by atoms with Crippen molar-refractivity contribution in [3.8, 4) is 0 Å². The molecule has 0 aromatic carbocycles. The molecule has 0 unspecified atom stereocenters. The van der Waals surface area contributed by atoms with E-state index in [0.717, 1.165) is 0 Å². The quantitative estimate of drug-likeness (QED) is 0.311. The Morgan fingerprint density at radius 1 is 0.800 bits per heavy atom. The molecule has 0 amide bonds. The Balaban J connectivity index is -0.0000000133. The first-order valence-electron chi connectivity index (χ1n) is 0.471. The van der Waals surface area contributed by atoms with E-state index in [1.165, 1.54) is 0 Å². The molecular formula is H4MnN2O2. The Labute approximate surface area is 40.2 Å². The van der Waals surface area contributed by atoms with Crippen LogP contribution in [0.25, 0.3) is 0 Å². The molecule has 0 aromatic heterocycles. The van der Waals surface area contributed by atoms with Gasteiger partial charge in [-0.15, -0.1) is 0 Å². The summed E-state index contributed by atoms with van der Waals surface area (Å²) >= 11 is 0. The summed E-state index contributed by atoms with van der Waals surface area (Å²) in [5, 5.41) is 15.5. The van der Waals surface area contributed by atoms with Gasteiger partial charge < -0.3 is 22.2 Å². The molecule has 1 radical (unpaired) electrons. The molecule has 0 atom stereocenters. The standard InChI is InChI=1S/Mn.2H2NO/c;2*1-2/h;2*1H2/q+2;2*-1. The van der Waals surface area contributed by atoms with Crippen LogP contribution in [0.2, 0.25) is 0 Å². The predicted molar refractivity (Wildman–Crippen MR) is 15.1 cm³/mol. The molecule has 0 aromatic rings. The summed E-state index contributed by atoms with van der Waals surface area (Å²) in [6.45, 7) is 0. The topological polar surface area (TPSA) is 98.2 Å². The average molecular weight is 119 g/mol. The summed E-state index contributed by atoms with van der Waals surface area (Å²) in [4.78, 5) is 0. The van der Waals surface area contributed by atoms with Crippen LogP contribution in [-0.2, 0) is 17.1 Å². The third-order valence-corrected chi connectivity index (χ3v) is 0. The Kier molecular flexibility index (Phi) is 1390. The van der Waals surface area contributed by atoms with Crippen LogP contribution in [0.1, 0.15) is 0 Å². The van der Waals surface area contributed by atoms with Gasteiger partial charge in [-0.25, -0.2) is 0 Å². The number of nitrogens with two attached hydrogens (primary N) is 2. The van der Waals surface area contributed by atoms with Gasteiger partial charge in [-0.1, -0.05) is 0 Å². The zero-order valence-corrected chi connectivity index (χ0v) is 3.53. The minimum atomic E-state index is 0. The molecule has 0 aliphatic carbocycles. The molecule has 33 valence electrons. The smallest absolute Gasteiger partial charge is 0.790 e. The minimum Gasteiger partial charge on any atom is -0.790 e. The van der Waals surface area contributed by atoms with Crippen molar-refractivity contribution in [2.45, 2.75) is 0 Å². The van der Waals surface area contributed by atoms with Gasteiger partial charge in [0.1, 0.15) is 0 Å². The first kappa shape index (κ1) is 18.3. The van der Waals surface area contributed by atoms with Crippen LogP contribution in [0.4, 0.5) is 0 Å². The fourth-order valence-corrected chi connectivity index (χ4v) is 0.